The summed E-state index contributed by atoms with van der Waals surface area (Å²) in [4.78, 5) is 11.7. The third kappa shape index (κ3) is 6.76. The number of hydrogen-bond donors (Lipinski definition) is 3. The van der Waals surface area contributed by atoms with Crippen LogP contribution in [0.4, 0.5) is 0 Å². The van der Waals surface area contributed by atoms with Crippen LogP contribution in [-0.2, 0) is 9.53 Å². The van der Waals surface area contributed by atoms with Crippen LogP contribution in [0, 0.1) is 0 Å². The van der Waals surface area contributed by atoms with Crippen molar-refractivity contribution in [1.29, 1.82) is 0 Å². The summed E-state index contributed by atoms with van der Waals surface area (Å²) in [5, 5.41) is 9.48. The van der Waals surface area contributed by atoms with E-state index in [-0.39, 0.29) is 11.9 Å². The van der Waals surface area contributed by atoms with Gasteiger partial charge in [-0.05, 0) is 45.3 Å². The maximum atomic E-state index is 11.7. The number of thiocarbonyl (C=S) groups is 1. The molecule has 18 heavy (non-hydrogen) atoms. The second-order valence-electron chi connectivity index (χ2n) is 4.46. The first-order chi connectivity index (χ1) is 8.63. The lowest BCUT2D eigenvalue weighted by atomic mass is 10.3. The molecule has 5 nitrogen and oxygen atoms in total. The number of carbonyl (C=O) groups is 1. The van der Waals surface area contributed by atoms with Crippen molar-refractivity contribution < 1.29 is 9.53 Å². The summed E-state index contributed by atoms with van der Waals surface area (Å²) in [6.45, 7) is 6.00. The molecule has 1 amide bonds. The number of ether oxygens (including phenoxy) is 1. The van der Waals surface area contributed by atoms with Crippen molar-refractivity contribution in [3.63, 3.8) is 0 Å². The minimum atomic E-state index is -0.294. The van der Waals surface area contributed by atoms with Gasteiger partial charge in [0.05, 0.1) is 0 Å². The lowest BCUT2D eigenvalue weighted by molar-refractivity contribution is -0.122. The molecule has 0 saturated heterocycles. The molecule has 0 heterocycles. The second-order valence-corrected chi connectivity index (χ2v) is 4.86. The Morgan fingerprint density at radius 1 is 1.50 bits per heavy atom. The van der Waals surface area contributed by atoms with E-state index < -0.39 is 0 Å². The highest BCUT2D eigenvalue weighted by atomic mass is 32.1. The molecule has 3 N–H and O–H groups in total. The smallest absolute Gasteiger partial charge is 0.242 e. The summed E-state index contributed by atoms with van der Waals surface area (Å²) in [6.07, 6.45) is 3.09. The van der Waals surface area contributed by atoms with Crippen molar-refractivity contribution in [3.8, 4) is 0 Å². The van der Waals surface area contributed by atoms with Crippen molar-refractivity contribution >= 4 is 23.2 Å². The molecule has 0 spiro atoms. The summed E-state index contributed by atoms with van der Waals surface area (Å²) in [5.41, 5.74) is 0. The van der Waals surface area contributed by atoms with Gasteiger partial charge in [-0.2, -0.15) is 0 Å². The molecule has 6 heteroatoms. The zero-order valence-corrected chi connectivity index (χ0v) is 11.9. The first kappa shape index (κ1) is 15.2. The Bertz CT molecular complexity index is 282. The van der Waals surface area contributed by atoms with Gasteiger partial charge in [-0.15, -0.1) is 0 Å². The first-order valence-electron chi connectivity index (χ1n) is 6.56. The summed E-state index contributed by atoms with van der Waals surface area (Å²) < 4.78 is 5.22. The van der Waals surface area contributed by atoms with Crippen molar-refractivity contribution in [1.82, 2.24) is 16.0 Å². The second kappa shape index (κ2) is 8.26. The Labute approximate surface area is 114 Å². The molecule has 1 atom stereocenters. The number of hydrogen-bond acceptors (Lipinski definition) is 3. The van der Waals surface area contributed by atoms with Crippen molar-refractivity contribution in [2.75, 3.05) is 19.8 Å². The Hall–Kier alpha value is -0.880. The largest absolute Gasteiger partial charge is 0.382 e. The monoisotopic (exact) mass is 273 g/mol. The van der Waals surface area contributed by atoms with Gasteiger partial charge in [-0.1, -0.05) is 0 Å². The van der Waals surface area contributed by atoms with E-state index in [0.717, 1.165) is 39.0 Å². The number of rotatable bonds is 8. The molecule has 0 aromatic carbocycles. The predicted molar refractivity (Wildman–Crippen MR) is 75.5 cm³/mol. The van der Waals surface area contributed by atoms with E-state index in [1.807, 2.05) is 13.8 Å². The van der Waals surface area contributed by atoms with Gasteiger partial charge in [0, 0.05) is 25.8 Å². The van der Waals surface area contributed by atoms with Crippen LogP contribution in [-0.4, -0.2) is 42.9 Å². The molecule has 1 aliphatic carbocycles. The quantitative estimate of drug-likeness (QED) is 0.445. The fourth-order valence-electron chi connectivity index (χ4n) is 1.39. The highest BCUT2D eigenvalue weighted by molar-refractivity contribution is 7.80. The van der Waals surface area contributed by atoms with Gasteiger partial charge < -0.3 is 20.7 Å². The highest BCUT2D eigenvalue weighted by Gasteiger charge is 2.25. The van der Waals surface area contributed by atoms with Crippen molar-refractivity contribution in [2.24, 2.45) is 0 Å². The Morgan fingerprint density at radius 2 is 2.22 bits per heavy atom. The van der Waals surface area contributed by atoms with Crippen LogP contribution in [0.25, 0.3) is 0 Å². The highest BCUT2D eigenvalue weighted by Crippen LogP contribution is 2.18. The fraction of sp³-hybridized carbons (Fsp3) is 0.833. The minimum absolute atomic E-state index is 0.0102. The van der Waals surface area contributed by atoms with Crippen LogP contribution in [0.5, 0.6) is 0 Å². The number of nitrogens with one attached hydrogen (secondary N) is 3. The van der Waals surface area contributed by atoms with Gasteiger partial charge in [0.15, 0.2) is 5.11 Å². The maximum absolute atomic E-state index is 11.7. The third-order valence-electron chi connectivity index (χ3n) is 2.62. The fourth-order valence-corrected chi connectivity index (χ4v) is 1.67. The van der Waals surface area contributed by atoms with Gasteiger partial charge in [0.25, 0.3) is 0 Å². The molecule has 1 saturated carbocycles. The third-order valence-corrected chi connectivity index (χ3v) is 2.88. The molecule has 1 aliphatic rings. The molecular formula is C12H23N3O2S. The van der Waals surface area contributed by atoms with Gasteiger partial charge in [-0.3, -0.25) is 4.79 Å². The Kier molecular flexibility index (Phi) is 6.97. The van der Waals surface area contributed by atoms with Gasteiger partial charge >= 0.3 is 0 Å². The molecule has 0 aliphatic heterocycles. The van der Waals surface area contributed by atoms with Crippen molar-refractivity contribution in [3.05, 3.63) is 0 Å². The van der Waals surface area contributed by atoms with E-state index >= 15 is 0 Å². The lowest BCUT2D eigenvalue weighted by Gasteiger charge is -2.16. The van der Waals surface area contributed by atoms with E-state index in [2.05, 4.69) is 16.0 Å². The van der Waals surface area contributed by atoms with Gasteiger partial charge in [-0.25, -0.2) is 0 Å². The molecule has 0 bridgehead atoms. The SMILES string of the molecule is CCOCCCNC(=S)NC(C)C(=O)NC1CC1. The molecular weight excluding hydrogens is 250 g/mol. The zero-order valence-electron chi connectivity index (χ0n) is 11.1. The van der Waals surface area contributed by atoms with Crippen LogP contribution in [0.15, 0.2) is 0 Å². The van der Waals surface area contributed by atoms with Crippen LogP contribution in [0.3, 0.4) is 0 Å². The normalized spacial score (nSPS) is 15.9. The molecule has 1 unspecified atom stereocenters. The molecule has 0 aromatic rings. The van der Waals surface area contributed by atoms with Crippen LogP contribution < -0.4 is 16.0 Å². The topological polar surface area (TPSA) is 62.4 Å². The summed E-state index contributed by atoms with van der Waals surface area (Å²) in [6, 6.07) is 0.0898. The average Bonchev–Trinajstić information content (AvgIpc) is 3.12. The van der Waals surface area contributed by atoms with Crippen LogP contribution >= 0.6 is 12.2 Å². The Morgan fingerprint density at radius 3 is 2.83 bits per heavy atom. The molecule has 1 fully saturated rings. The molecule has 104 valence electrons. The minimum Gasteiger partial charge on any atom is -0.382 e. The van der Waals surface area contributed by atoms with Crippen LogP contribution in [0.2, 0.25) is 0 Å². The van der Waals surface area contributed by atoms with Crippen molar-refractivity contribution in [2.45, 2.75) is 45.2 Å². The maximum Gasteiger partial charge on any atom is 0.242 e. The number of amides is 1. The lowest BCUT2D eigenvalue weighted by Crippen LogP contribution is -2.49. The van der Waals surface area contributed by atoms with Gasteiger partial charge in [0.1, 0.15) is 6.04 Å². The summed E-state index contributed by atoms with van der Waals surface area (Å²) in [7, 11) is 0. The standard InChI is InChI=1S/C12H23N3O2S/c1-3-17-8-4-7-13-12(18)14-9(2)11(16)15-10-5-6-10/h9-10H,3-8H2,1-2H3,(H,15,16)(H2,13,14,18). The van der Waals surface area contributed by atoms with E-state index in [1.165, 1.54) is 0 Å². The average molecular weight is 273 g/mol. The van der Waals surface area contributed by atoms with E-state index in [1.54, 1.807) is 0 Å². The molecule has 0 radical (unpaired) electrons. The molecule has 1 rings (SSSR count). The van der Waals surface area contributed by atoms with E-state index in [0.29, 0.717) is 11.2 Å². The molecule has 0 aromatic heterocycles. The van der Waals surface area contributed by atoms with E-state index in [4.69, 9.17) is 17.0 Å². The first-order valence-corrected chi connectivity index (χ1v) is 6.96. The Balaban J connectivity index is 2.04. The zero-order chi connectivity index (χ0) is 13.4. The number of carbonyl (C=O) groups excluding carboxylic acids is 1. The summed E-state index contributed by atoms with van der Waals surface area (Å²) >= 11 is 5.11. The van der Waals surface area contributed by atoms with Crippen LogP contribution in [0.1, 0.15) is 33.1 Å². The van der Waals surface area contributed by atoms with E-state index in [9.17, 15) is 4.79 Å². The predicted octanol–water partition coefficient (Wildman–Crippen LogP) is 0.544. The summed E-state index contributed by atoms with van der Waals surface area (Å²) in [5.74, 6) is 0.0102. The van der Waals surface area contributed by atoms with Gasteiger partial charge in [0.2, 0.25) is 5.91 Å².